The topological polar surface area (TPSA) is 52.7 Å². The molecular weight excluding hydrogens is 386 g/mol. The lowest BCUT2D eigenvalue weighted by atomic mass is 10.1. The molecule has 0 unspecified atom stereocenters. The Bertz CT molecular complexity index is 796. The normalized spacial score (nSPS) is 15.0. The van der Waals surface area contributed by atoms with Gasteiger partial charge in [0.05, 0.1) is 6.42 Å². The van der Waals surface area contributed by atoms with Crippen molar-refractivity contribution < 1.29 is 9.59 Å². The van der Waals surface area contributed by atoms with Crippen LogP contribution in [0.15, 0.2) is 54.6 Å². The molecule has 29 heavy (non-hydrogen) atoms. The Kier molecular flexibility index (Phi) is 8.08. The molecule has 1 heterocycles. The molecule has 3 rings (SSSR count). The summed E-state index contributed by atoms with van der Waals surface area (Å²) in [6, 6.07) is 17.5. The van der Waals surface area contributed by atoms with E-state index < -0.39 is 0 Å². The molecule has 1 N–H and O–H groups in total. The van der Waals surface area contributed by atoms with Crippen LogP contribution in [0, 0.1) is 0 Å². The van der Waals surface area contributed by atoms with Gasteiger partial charge in [0.15, 0.2) is 0 Å². The number of carbonyl (C=O) groups is 2. The Morgan fingerprint density at radius 3 is 2.41 bits per heavy atom. The summed E-state index contributed by atoms with van der Waals surface area (Å²) in [5.74, 6) is 0.0624. The zero-order chi connectivity index (χ0) is 20.5. The zero-order valence-electron chi connectivity index (χ0n) is 16.6. The van der Waals surface area contributed by atoms with Gasteiger partial charge in [-0.3, -0.25) is 14.5 Å². The zero-order valence-corrected chi connectivity index (χ0v) is 17.4. The molecule has 0 radical (unpaired) electrons. The van der Waals surface area contributed by atoms with E-state index in [2.05, 4.69) is 10.2 Å². The second-order valence-corrected chi connectivity index (χ2v) is 7.84. The average molecular weight is 414 g/mol. The Hall–Kier alpha value is -2.37. The van der Waals surface area contributed by atoms with Crippen LogP contribution in [0.4, 0.5) is 0 Å². The maximum atomic E-state index is 12.5. The van der Waals surface area contributed by atoms with Crippen molar-refractivity contribution in [3.05, 3.63) is 70.7 Å². The number of hydrogen-bond acceptors (Lipinski definition) is 3. The molecule has 1 aliphatic rings. The number of carbonyl (C=O) groups excluding carboxylic acids is 2. The lowest BCUT2D eigenvalue weighted by Gasteiger charge is -2.22. The number of nitrogens with one attached hydrogen (secondary N) is 1. The van der Waals surface area contributed by atoms with Gasteiger partial charge < -0.3 is 10.2 Å². The fourth-order valence-electron chi connectivity index (χ4n) is 3.54. The quantitative estimate of drug-likeness (QED) is 0.758. The number of rotatable bonds is 7. The van der Waals surface area contributed by atoms with Crippen molar-refractivity contribution >= 4 is 23.4 Å². The Morgan fingerprint density at radius 2 is 1.66 bits per heavy atom. The van der Waals surface area contributed by atoms with E-state index in [1.165, 1.54) is 5.56 Å². The highest BCUT2D eigenvalue weighted by atomic mass is 35.5. The molecule has 2 amide bonds. The molecule has 2 aromatic carbocycles. The van der Waals surface area contributed by atoms with E-state index >= 15 is 0 Å². The second-order valence-electron chi connectivity index (χ2n) is 7.40. The first kappa shape index (κ1) is 21.3. The summed E-state index contributed by atoms with van der Waals surface area (Å²) in [5.41, 5.74) is 2.21. The highest BCUT2D eigenvalue weighted by molar-refractivity contribution is 6.30. The lowest BCUT2D eigenvalue weighted by Crippen LogP contribution is -2.37. The third-order valence-electron chi connectivity index (χ3n) is 5.13. The van der Waals surface area contributed by atoms with Gasteiger partial charge in [-0.1, -0.05) is 54.1 Å². The largest absolute Gasteiger partial charge is 0.355 e. The van der Waals surface area contributed by atoms with E-state index in [0.29, 0.717) is 19.4 Å². The first-order chi connectivity index (χ1) is 14.1. The summed E-state index contributed by atoms with van der Waals surface area (Å²) >= 11 is 5.95. The van der Waals surface area contributed by atoms with Crippen molar-refractivity contribution in [1.29, 1.82) is 0 Å². The number of nitrogens with zero attached hydrogens (tertiary/aromatic N) is 2. The summed E-state index contributed by atoms with van der Waals surface area (Å²) in [5, 5.41) is 3.60. The molecule has 0 saturated carbocycles. The first-order valence-corrected chi connectivity index (χ1v) is 10.5. The number of halogens is 1. The molecule has 1 fully saturated rings. The van der Waals surface area contributed by atoms with Crippen LogP contribution in [-0.2, 0) is 22.6 Å². The SMILES string of the molecule is O=C(Cc1ccccc1)NCCC(=O)N1CCCN(Cc2ccc(Cl)cc2)CC1. The van der Waals surface area contributed by atoms with Crippen molar-refractivity contribution in [1.82, 2.24) is 15.1 Å². The van der Waals surface area contributed by atoms with E-state index in [-0.39, 0.29) is 11.8 Å². The van der Waals surface area contributed by atoms with Gasteiger partial charge in [0.2, 0.25) is 11.8 Å². The van der Waals surface area contributed by atoms with Crippen LogP contribution in [-0.4, -0.2) is 54.3 Å². The molecule has 0 aliphatic carbocycles. The summed E-state index contributed by atoms with van der Waals surface area (Å²) in [6.07, 6.45) is 1.65. The molecule has 154 valence electrons. The standard InChI is InChI=1S/C23H28ClN3O2/c24-21-9-7-20(8-10-21)18-26-13-4-14-27(16-15-26)23(29)11-12-25-22(28)17-19-5-2-1-3-6-19/h1-3,5-10H,4,11-18H2,(H,25,28). The average Bonchev–Trinajstić information content (AvgIpc) is 2.96. The minimum atomic E-state index is -0.0472. The van der Waals surface area contributed by atoms with E-state index in [4.69, 9.17) is 11.6 Å². The van der Waals surface area contributed by atoms with E-state index in [1.807, 2.05) is 59.5 Å². The van der Waals surface area contributed by atoms with Crippen LogP contribution in [0.2, 0.25) is 5.02 Å². The molecule has 0 atom stereocenters. The molecule has 5 nitrogen and oxygen atoms in total. The van der Waals surface area contributed by atoms with Gasteiger partial charge in [-0.25, -0.2) is 0 Å². The fraction of sp³-hybridized carbons (Fsp3) is 0.391. The molecule has 0 aromatic heterocycles. The minimum absolute atomic E-state index is 0.0472. The van der Waals surface area contributed by atoms with Crippen LogP contribution in [0.1, 0.15) is 24.0 Å². The summed E-state index contributed by atoms with van der Waals surface area (Å²) in [7, 11) is 0. The van der Waals surface area contributed by atoms with Gasteiger partial charge in [0.25, 0.3) is 0 Å². The lowest BCUT2D eigenvalue weighted by molar-refractivity contribution is -0.131. The summed E-state index contributed by atoms with van der Waals surface area (Å²) < 4.78 is 0. The van der Waals surface area contributed by atoms with Crippen molar-refractivity contribution in [2.75, 3.05) is 32.7 Å². The molecule has 0 spiro atoms. The molecule has 0 bridgehead atoms. The Labute approximate surface area is 177 Å². The van der Waals surface area contributed by atoms with Crippen LogP contribution in [0.3, 0.4) is 0 Å². The maximum Gasteiger partial charge on any atom is 0.224 e. The van der Waals surface area contributed by atoms with Gasteiger partial charge in [0, 0.05) is 50.7 Å². The van der Waals surface area contributed by atoms with Gasteiger partial charge in [0.1, 0.15) is 0 Å². The smallest absolute Gasteiger partial charge is 0.224 e. The van der Waals surface area contributed by atoms with Gasteiger partial charge in [-0.15, -0.1) is 0 Å². The van der Waals surface area contributed by atoms with Crippen molar-refractivity contribution in [3.63, 3.8) is 0 Å². The second kappa shape index (κ2) is 11.0. The fourth-order valence-corrected chi connectivity index (χ4v) is 3.66. The highest BCUT2D eigenvalue weighted by Crippen LogP contribution is 2.13. The first-order valence-electron chi connectivity index (χ1n) is 10.2. The third kappa shape index (κ3) is 7.18. The van der Waals surface area contributed by atoms with Crippen LogP contribution in [0.5, 0.6) is 0 Å². The maximum absolute atomic E-state index is 12.5. The van der Waals surface area contributed by atoms with Crippen LogP contribution >= 0.6 is 11.6 Å². The van der Waals surface area contributed by atoms with Gasteiger partial charge in [-0.2, -0.15) is 0 Å². The number of benzene rings is 2. The van der Waals surface area contributed by atoms with E-state index in [1.54, 1.807) is 0 Å². The predicted molar refractivity (Wildman–Crippen MR) is 116 cm³/mol. The number of hydrogen-bond donors (Lipinski definition) is 1. The highest BCUT2D eigenvalue weighted by Gasteiger charge is 2.19. The van der Waals surface area contributed by atoms with Crippen LogP contribution in [0.25, 0.3) is 0 Å². The van der Waals surface area contributed by atoms with E-state index in [0.717, 1.165) is 49.7 Å². The molecular formula is C23H28ClN3O2. The summed E-state index contributed by atoms with van der Waals surface area (Å²) in [6.45, 7) is 4.58. The van der Waals surface area contributed by atoms with E-state index in [9.17, 15) is 9.59 Å². The Morgan fingerprint density at radius 1 is 0.897 bits per heavy atom. The van der Waals surface area contributed by atoms with Crippen molar-refractivity contribution in [2.45, 2.75) is 25.8 Å². The number of amides is 2. The van der Waals surface area contributed by atoms with Gasteiger partial charge >= 0.3 is 0 Å². The monoisotopic (exact) mass is 413 g/mol. The van der Waals surface area contributed by atoms with Gasteiger partial charge in [-0.05, 0) is 29.7 Å². The summed E-state index contributed by atoms with van der Waals surface area (Å²) in [4.78, 5) is 28.8. The molecule has 6 heteroatoms. The Balaban J connectivity index is 1.37. The molecule has 1 saturated heterocycles. The van der Waals surface area contributed by atoms with Crippen molar-refractivity contribution in [2.24, 2.45) is 0 Å². The van der Waals surface area contributed by atoms with Crippen molar-refractivity contribution in [3.8, 4) is 0 Å². The third-order valence-corrected chi connectivity index (χ3v) is 5.38. The molecule has 2 aromatic rings. The van der Waals surface area contributed by atoms with Crippen LogP contribution < -0.4 is 5.32 Å². The minimum Gasteiger partial charge on any atom is -0.355 e. The predicted octanol–water partition coefficient (Wildman–Crippen LogP) is 3.12. The molecule has 1 aliphatic heterocycles.